The van der Waals surface area contributed by atoms with Crippen LogP contribution < -0.4 is 0 Å². The van der Waals surface area contributed by atoms with E-state index in [1.807, 2.05) is 0 Å². The molecule has 1 atom stereocenters. The van der Waals surface area contributed by atoms with Gasteiger partial charge in [-0.3, -0.25) is 4.79 Å². The number of hydrogen-bond acceptors (Lipinski definition) is 7. The Morgan fingerprint density at radius 2 is 1.88 bits per heavy atom. The molecule has 0 bridgehead atoms. The summed E-state index contributed by atoms with van der Waals surface area (Å²) in [5.74, 6) is -0.450. The number of ether oxygens (including phenoxy) is 1. The minimum atomic E-state index is -1.98. The molecule has 16 heavy (non-hydrogen) atoms. The molecule has 2 N–H and O–H groups in total. The van der Waals surface area contributed by atoms with Crippen LogP contribution >= 0.6 is 8.03 Å². The van der Waals surface area contributed by atoms with Crippen molar-refractivity contribution < 1.29 is 33.9 Å². The number of hydrogen-bond donors (Lipinski definition) is 2. The first kappa shape index (κ1) is 15.4. The monoisotopic (exact) mass is 255 g/mol. The van der Waals surface area contributed by atoms with Crippen molar-refractivity contribution in [2.75, 3.05) is 32.6 Å². The molecule has 0 heterocycles. The quantitative estimate of drug-likeness (QED) is 0.186. The maximum atomic E-state index is 11.0. The van der Waals surface area contributed by atoms with Gasteiger partial charge in [0.15, 0.2) is 6.16 Å². The van der Waals surface area contributed by atoms with E-state index >= 15 is 0 Å². The Labute approximate surface area is 94.1 Å². The number of rotatable bonds is 10. The molecule has 0 aromatic carbocycles. The molecule has 0 aliphatic rings. The zero-order valence-corrected chi connectivity index (χ0v) is 9.73. The third kappa shape index (κ3) is 9.95. The fourth-order valence-electron chi connectivity index (χ4n) is 0.755. The van der Waals surface area contributed by atoms with Crippen molar-refractivity contribution in [3.63, 3.8) is 0 Å². The third-order valence-corrected chi connectivity index (χ3v) is 2.34. The lowest BCUT2D eigenvalue weighted by Crippen LogP contribution is -2.08. The van der Waals surface area contributed by atoms with Gasteiger partial charge >= 0.3 is 14.0 Å². The lowest BCUT2D eigenvalue weighted by Gasteiger charge is -1.99. The van der Waals surface area contributed by atoms with E-state index in [1.165, 1.54) is 0 Å². The van der Waals surface area contributed by atoms with Gasteiger partial charge in [0.25, 0.3) is 0 Å². The first-order valence-corrected chi connectivity index (χ1v) is 6.18. The van der Waals surface area contributed by atoms with Gasteiger partial charge in [-0.05, 0) is 4.57 Å². The maximum absolute atomic E-state index is 11.0. The Morgan fingerprint density at radius 3 is 2.50 bits per heavy atom. The smallest absolute Gasteiger partial charge is 0.463 e. The second-order valence-electron chi connectivity index (χ2n) is 2.72. The molecule has 0 fully saturated rings. The van der Waals surface area contributed by atoms with Crippen LogP contribution in [0.1, 0.15) is 12.8 Å². The van der Waals surface area contributed by atoms with Crippen molar-refractivity contribution in [1.82, 2.24) is 0 Å². The van der Waals surface area contributed by atoms with Crippen molar-refractivity contribution in [3.05, 3.63) is 0 Å². The fraction of sp³-hybridized carbons (Fsp3) is 0.875. The summed E-state index contributed by atoms with van der Waals surface area (Å²) in [7, 11) is -1.98. The summed E-state index contributed by atoms with van der Waals surface area (Å²) >= 11 is 0. The van der Waals surface area contributed by atoms with Gasteiger partial charge in [-0.15, -0.1) is 0 Å². The van der Waals surface area contributed by atoms with E-state index in [-0.39, 0.29) is 39.0 Å². The number of aliphatic hydroxyl groups excluding tert-OH is 2. The van der Waals surface area contributed by atoms with Crippen LogP contribution in [0.3, 0.4) is 0 Å². The summed E-state index contributed by atoms with van der Waals surface area (Å²) in [6.07, 6.45) is 0.640. The minimum Gasteiger partial charge on any atom is -0.463 e. The highest BCUT2D eigenvalue weighted by Gasteiger charge is 2.19. The highest BCUT2D eigenvalue weighted by molar-refractivity contribution is 7.38. The maximum Gasteiger partial charge on any atom is 0.539 e. The second-order valence-corrected chi connectivity index (χ2v) is 3.99. The largest absolute Gasteiger partial charge is 0.539 e. The van der Waals surface area contributed by atoms with Crippen molar-refractivity contribution in [3.8, 4) is 0 Å². The van der Waals surface area contributed by atoms with Gasteiger partial charge in [-0.25, -0.2) is 0 Å². The number of carbonyl (C=O) groups is 1. The van der Waals surface area contributed by atoms with Gasteiger partial charge in [-0.1, -0.05) is 0 Å². The molecule has 0 saturated carbocycles. The summed E-state index contributed by atoms with van der Waals surface area (Å²) in [5, 5.41) is 16.7. The van der Waals surface area contributed by atoms with Crippen molar-refractivity contribution in [2.24, 2.45) is 0 Å². The molecule has 94 valence electrons. The molecule has 0 spiro atoms. The molecular weight excluding hydrogens is 239 g/mol. The van der Waals surface area contributed by atoms with Crippen LogP contribution in [0.4, 0.5) is 0 Å². The lowest BCUT2D eigenvalue weighted by atomic mass is 10.3. The van der Waals surface area contributed by atoms with Crippen molar-refractivity contribution in [2.45, 2.75) is 12.8 Å². The third-order valence-electron chi connectivity index (χ3n) is 1.39. The average molecular weight is 255 g/mol. The molecule has 7 nitrogen and oxygen atoms in total. The van der Waals surface area contributed by atoms with Crippen molar-refractivity contribution >= 4 is 14.0 Å². The Hall–Kier alpha value is -0.590. The van der Waals surface area contributed by atoms with Gasteiger partial charge < -0.3 is 14.9 Å². The van der Waals surface area contributed by atoms with E-state index in [1.54, 1.807) is 0 Å². The fourth-order valence-corrected chi connectivity index (χ4v) is 1.44. The van der Waals surface area contributed by atoms with Crippen LogP contribution in [0.5, 0.6) is 0 Å². The van der Waals surface area contributed by atoms with E-state index in [4.69, 9.17) is 10.2 Å². The first-order valence-electron chi connectivity index (χ1n) is 4.82. The summed E-state index contributed by atoms with van der Waals surface area (Å²) in [4.78, 5) is 15.3. The molecule has 0 radical (unpaired) electrons. The lowest BCUT2D eigenvalue weighted by molar-refractivity contribution is -0.206. The number of esters is 1. The van der Waals surface area contributed by atoms with Crippen LogP contribution in [0.15, 0.2) is 0 Å². The van der Waals surface area contributed by atoms with Crippen molar-refractivity contribution in [1.29, 1.82) is 0 Å². The standard InChI is InChI=1S/C8H16O7P/c9-3-5-13-8(11)2-1-7-16(12)15-14-6-4-10/h9-10H,1-7H2/q+1. The molecule has 0 amide bonds. The summed E-state index contributed by atoms with van der Waals surface area (Å²) in [6, 6.07) is 0. The number of carbonyl (C=O) groups excluding carboxylic acids is 1. The second kappa shape index (κ2) is 10.9. The molecule has 8 heteroatoms. The van der Waals surface area contributed by atoms with E-state index in [9.17, 15) is 9.36 Å². The van der Waals surface area contributed by atoms with Crippen LogP contribution in [0, 0.1) is 0 Å². The molecule has 0 aromatic rings. The summed E-state index contributed by atoms with van der Waals surface area (Å²) in [5.41, 5.74) is 0. The van der Waals surface area contributed by atoms with Crippen LogP contribution in [-0.4, -0.2) is 48.8 Å². The molecular formula is C8H16O7P+. The molecule has 0 aliphatic carbocycles. The normalized spacial score (nSPS) is 11.2. The minimum absolute atomic E-state index is 0.0267. The predicted octanol–water partition coefficient (Wildman–Crippen LogP) is -0.0150. The molecule has 0 aliphatic heterocycles. The highest BCUT2D eigenvalue weighted by atomic mass is 31.1. The summed E-state index contributed by atoms with van der Waals surface area (Å²) in [6.45, 7) is -0.491. The Bertz CT molecular complexity index is 209. The number of aliphatic hydroxyl groups is 2. The zero-order chi connectivity index (χ0) is 12.2. The first-order chi connectivity index (χ1) is 7.70. The van der Waals surface area contributed by atoms with E-state index in [2.05, 4.69) is 14.3 Å². The molecule has 1 unspecified atom stereocenters. The van der Waals surface area contributed by atoms with Gasteiger partial charge in [0.2, 0.25) is 0 Å². The van der Waals surface area contributed by atoms with Gasteiger partial charge in [0, 0.05) is 17.5 Å². The topological polar surface area (TPSA) is 102 Å². The average Bonchev–Trinajstić information content (AvgIpc) is 2.26. The van der Waals surface area contributed by atoms with Gasteiger partial charge in [-0.2, -0.15) is 4.89 Å². The van der Waals surface area contributed by atoms with Crippen LogP contribution in [0.2, 0.25) is 0 Å². The Morgan fingerprint density at radius 1 is 1.19 bits per heavy atom. The highest BCUT2D eigenvalue weighted by Crippen LogP contribution is 2.23. The Balaban J connectivity index is 3.36. The van der Waals surface area contributed by atoms with E-state index in [0.29, 0.717) is 6.42 Å². The van der Waals surface area contributed by atoms with Crippen LogP contribution in [0.25, 0.3) is 0 Å². The van der Waals surface area contributed by atoms with Crippen LogP contribution in [-0.2, 0) is 23.7 Å². The molecule has 0 saturated heterocycles. The Kier molecular flexibility index (Phi) is 10.5. The van der Waals surface area contributed by atoms with E-state index in [0.717, 1.165) is 0 Å². The summed E-state index contributed by atoms with van der Waals surface area (Å²) < 4.78 is 20.0. The predicted molar refractivity (Wildman–Crippen MR) is 53.9 cm³/mol. The van der Waals surface area contributed by atoms with E-state index < -0.39 is 14.0 Å². The SMILES string of the molecule is O=C(CCC[P+](=O)OOCCO)OCCO. The molecule has 0 aromatic heterocycles. The van der Waals surface area contributed by atoms with Gasteiger partial charge in [0.1, 0.15) is 13.2 Å². The zero-order valence-electron chi connectivity index (χ0n) is 8.83. The van der Waals surface area contributed by atoms with Gasteiger partial charge in [0.05, 0.1) is 13.2 Å². The molecule has 0 rings (SSSR count).